The van der Waals surface area contributed by atoms with E-state index in [1.54, 1.807) is 4.98 Å². The van der Waals surface area contributed by atoms with E-state index in [1.165, 1.54) is 0 Å². The topological polar surface area (TPSA) is 88.0 Å². The summed E-state index contributed by atoms with van der Waals surface area (Å²) in [4.78, 5) is 29.6. The molecule has 0 aliphatic carbocycles. The first-order valence-electron chi connectivity index (χ1n) is 7.04. The number of para-hydroxylation sites is 1. The SMILES string of the molecule is O=C(Nc1ncco1)c1c(C(F)(F)F)[nH]c2c(C(F)(F)F)cccc2c1=O. The number of amides is 1. The standard InChI is InChI=1S/C15H7F6N3O3/c16-14(17,18)7-3-1-2-6-9(7)23-11(15(19,20)21)8(10(6)25)12(26)24-13-22-4-5-27-13/h1-5H,(H,23,25)(H,22,24,26). The molecule has 0 fully saturated rings. The maximum Gasteiger partial charge on any atom is 0.432 e. The van der Waals surface area contributed by atoms with Gasteiger partial charge < -0.3 is 9.40 Å². The lowest BCUT2D eigenvalue weighted by Crippen LogP contribution is -2.29. The van der Waals surface area contributed by atoms with Gasteiger partial charge in [-0.2, -0.15) is 26.3 Å². The Kier molecular flexibility index (Phi) is 4.20. The molecule has 1 amide bonds. The van der Waals surface area contributed by atoms with Crippen LogP contribution in [0.1, 0.15) is 21.6 Å². The van der Waals surface area contributed by atoms with Crippen molar-refractivity contribution in [2.45, 2.75) is 12.4 Å². The summed E-state index contributed by atoms with van der Waals surface area (Å²) < 4.78 is 84.0. The van der Waals surface area contributed by atoms with Gasteiger partial charge in [0.15, 0.2) is 0 Å². The Morgan fingerprint density at radius 1 is 1.11 bits per heavy atom. The number of benzene rings is 1. The van der Waals surface area contributed by atoms with Gasteiger partial charge in [-0.05, 0) is 12.1 Å². The number of pyridine rings is 1. The van der Waals surface area contributed by atoms with Crippen molar-refractivity contribution >= 4 is 22.8 Å². The number of aromatic nitrogens is 2. The summed E-state index contributed by atoms with van der Waals surface area (Å²) in [6.45, 7) is 0. The average Bonchev–Trinajstić information content (AvgIpc) is 3.05. The van der Waals surface area contributed by atoms with E-state index < -0.39 is 57.4 Å². The van der Waals surface area contributed by atoms with Gasteiger partial charge in [0.25, 0.3) is 5.91 Å². The van der Waals surface area contributed by atoms with Gasteiger partial charge in [-0.25, -0.2) is 4.98 Å². The van der Waals surface area contributed by atoms with Gasteiger partial charge in [-0.1, -0.05) is 6.07 Å². The maximum absolute atomic E-state index is 13.4. The Hall–Kier alpha value is -3.31. The Morgan fingerprint density at radius 2 is 1.81 bits per heavy atom. The van der Waals surface area contributed by atoms with Crippen LogP contribution in [0.2, 0.25) is 0 Å². The molecule has 2 aromatic heterocycles. The zero-order valence-corrected chi connectivity index (χ0v) is 12.8. The molecule has 6 nitrogen and oxygen atoms in total. The molecule has 0 unspecified atom stereocenters. The summed E-state index contributed by atoms with van der Waals surface area (Å²) in [5.74, 6) is -1.54. The van der Waals surface area contributed by atoms with Crippen molar-refractivity contribution in [1.82, 2.24) is 9.97 Å². The molecule has 0 saturated heterocycles. The van der Waals surface area contributed by atoms with Gasteiger partial charge in [-0.15, -0.1) is 0 Å². The predicted molar refractivity (Wildman–Crippen MR) is 79.0 cm³/mol. The van der Waals surface area contributed by atoms with Crippen LogP contribution in [0.3, 0.4) is 0 Å². The van der Waals surface area contributed by atoms with Gasteiger partial charge in [0.2, 0.25) is 5.43 Å². The van der Waals surface area contributed by atoms with Gasteiger partial charge in [-0.3, -0.25) is 14.9 Å². The zero-order valence-electron chi connectivity index (χ0n) is 12.8. The second-order valence-electron chi connectivity index (χ2n) is 5.22. The normalized spacial score (nSPS) is 12.4. The van der Waals surface area contributed by atoms with Crippen LogP contribution in [0.25, 0.3) is 10.9 Å². The molecule has 0 bridgehead atoms. The number of hydrogen-bond donors (Lipinski definition) is 2. The number of oxazole rings is 1. The molecule has 2 heterocycles. The molecule has 0 radical (unpaired) electrons. The largest absolute Gasteiger partial charge is 0.432 e. The van der Waals surface area contributed by atoms with E-state index in [9.17, 15) is 35.9 Å². The predicted octanol–water partition coefficient (Wildman–Crippen LogP) is 3.81. The monoisotopic (exact) mass is 391 g/mol. The minimum absolute atomic E-state index is 0.489. The molecule has 0 aliphatic heterocycles. The molecule has 0 atom stereocenters. The van der Waals surface area contributed by atoms with Crippen molar-refractivity contribution < 1.29 is 35.6 Å². The maximum atomic E-state index is 13.4. The first-order valence-corrected chi connectivity index (χ1v) is 7.04. The number of fused-ring (bicyclic) bond motifs is 1. The molecular weight excluding hydrogens is 384 g/mol. The summed E-state index contributed by atoms with van der Waals surface area (Å²) >= 11 is 0. The number of rotatable bonds is 2. The van der Waals surface area contributed by atoms with Gasteiger partial charge >= 0.3 is 18.4 Å². The molecule has 27 heavy (non-hydrogen) atoms. The Bertz CT molecular complexity index is 1070. The van der Waals surface area contributed by atoms with Crippen LogP contribution in [0, 0.1) is 0 Å². The van der Waals surface area contributed by atoms with E-state index in [0.717, 1.165) is 24.6 Å². The van der Waals surface area contributed by atoms with Gasteiger partial charge in [0.05, 0.1) is 17.3 Å². The fraction of sp³-hybridized carbons (Fsp3) is 0.133. The number of carbonyl (C=O) groups is 1. The quantitative estimate of drug-likeness (QED) is 0.651. The summed E-state index contributed by atoms with van der Waals surface area (Å²) in [6, 6.07) is 1.76. The van der Waals surface area contributed by atoms with Gasteiger partial charge in [0.1, 0.15) is 17.5 Å². The number of anilines is 1. The number of hydrogen-bond acceptors (Lipinski definition) is 4. The molecule has 0 saturated carbocycles. The van der Waals surface area contributed by atoms with Crippen molar-refractivity contribution in [3.05, 3.63) is 57.7 Å². The molecule has 2 N–H and O–H groups in total. The molecule has 3 rings (SSSR count). The Morgan fingerprint density at radius 3 is 2.37 bits per heavy atom. The fourth-order valence-electron chi connectivity index (χ4n) is 2.42. The minimum Gasteiger partial charge on any atom is -0.432 e. The van der Waals surface area contributed by atoms with Crippen LogP contribution in [0.4, 0.5) is 32.4 Å². The molecular formula is C15H7F6N3O3. The van der Waals surface area contributed by atoms with Crippen LogP contribution in [0.15, 0.2) is 39.9 Å². The fourth-order valence-corrected chi connectivity index (χ4v) is 2.42. The van der Waals surface area contributed by atoms with Crippen LogP contribution >= 0.6 is 0 Å². The van der Waals surface area contributed by atoms with E-state index in [2.05, 4.69) is 9.40 Å². The summed E-state index contributed by atoms with van der Waals surface area (Å²) in [5.41, 5.74) is -7.39. The summed E-state index contributed by atoms with van der Waals surface area (Å²) in [7, 11) is 0. The molecule has 1 aromatic carbocycles. The molecule has 0 aliphatic rings. The first kappa shape index (κ1) is 18.5. The number of aromatic amines is 1. The van der Waals surface area contributed by atoms with Crippen LogP contribution in [-0.2, 0) is 12.4 Å². The Labute approximate surface area is 144 Å². The van der Waals surface area contributed by atoms with E-state index in [-0.39, 0.29) is 0 Å². The highest BCUT2D eigenvalue weighted by Crippen LogP contribution is 2.36. The number of alkyl halides is 6. The molecule has 0 spiro atoms. The summed E-state index contributed by atoms with van der Waals surface area (Å²) in [6.07, 6.45) is -8.23. The van der Waals surface area contributed by atoms with Crippen molar-refractivity contribution in [2.75, 3.05) is 5.32 Å². The smallest absolute Gasteiger partial charge is 0.432 e. The summed E-state index contributed by atoms with van der Waals surface area (Å²) in [5, 5.41) is 1.12. The van der Waals surface area contributed by atoms with E-state index in [0.29, 0.717) is 6.07 Å². The first-order chi connectivity index (χ1) is 12.5. The van der Waals surface area contributed by atoms with Crippen molar-refractivity contribution in [3.63, 3.8) is 0 Å². The second kappa shape index (κ2) is 6.14. The lowest BCUT2D eigenvalue weighted by molar-refractivity contribution is -0.142. The number of nitrogens with one attached hydrogen (secondary N) is 2. The highest BCUT2D eigenvalue weighted by Gasteiger charge is 2.41. The zero-order chi connectivity index (χ0) is 20.0. The number of H-pyrrole nitrogens is 1. The third-order valence-corrected chi connectivity index (χ3v) is 3.50. The lowest BCUT2D eigenvalue weighted by atomic mass is 10.0. The highest BCUT2D eigenvalue weighted by molar-refractivity contribution is 6.06. The Balaban J connectivity index is 2.32. The van der Waals surface area contributed by atoms with Crippen molar-refractivity contribution in [2.24, 2.45) is 0 Å². The molecule has 3 aromatic rings. The third-order valence-electron chi connectivity index (χ3n) is 3.50. The highest BCUT2D eigenvalue weighted by atomic mass is 19.4. The van der Waals surface area contributed by atoms with E-state index in [4.69, 9.17) is 0 Å². The van der Waals surface area contributed by atoms with E-state index in [1.807, 2.05) is 5.32 Å². The average molecular weight is 391 g/mol. The number of carbonyl (C=O) groups excluding carboxylic acids is 1. The number of halogens is 6. The van der Waals surface area contributed by atoms with E-state index >= 15 is 0 Å². The molecule has 12 heteroatoms. The van der Waals surface area contributed by atoms with Crippen molar-refractivity contribution in [3.8, 4) is 0 Å². The minimum atomic E-state index is -5.31. The van der Waals surface area contributed by atoms with Crippen LogP contribution in [0.5, 0.6) is 0 Å². The van der Waals surface area contributed by atoms with Gasteiger partial charge in [0, 0.05) is 5.39 Å². The second-order valence-corrected chi connectivity index (χ2v) is 5.22. The lowest BCUT2D eigenvalue weighted by Gasteiger charge is -2.16. The van der Waals surface area contributed by atoms with Crippen molar-refractivity contribution in [1.29, 1.82) is 0 Å². The van der Waals surface area contributed by atoms with Crippen LogP contribution < -0.4 is 10.7 Å². The van der Waals surface area contributed by atoms with Crippen LogP contribution in [-0.4, -0.2) is 15.9 Å². The molecule has 142 valence electrons. The number of nitrogens with zero attached hydrogens (tertiary/aromatic N) is 1. The third kappa shape index (κ3) is 3.37.